The molecule has 1 N–H and O–H groups in total. The number of likely N-dealkylation sites (tertiary alicyclic amines) is 1. The number of carbonyl (C=O) groups excluding carboxylic acids is 1. The molecule has 3 rings (SSSR count). The van der Waals surface area contributed by atoms with Crippen molar-refractivity contribution in [1.82, 2.24) is 20.0 Å². The van der Waals surface area contributed by atoms with Crippen LogP contribution in [0.25, 0.3) is 0 Å². The minimum absolute atomic E-state index is 0.190. The van der Waals surface area contributed by atoms with Gasteiger partial charge in [-0.1, -0.05) is 6.92 Å². The number of amides is 1. The minimum atomic E-state index is -0.190. The molecule has 0 bridgehead atoms. The predicted molar refractivity (Wildman–Crippen MR) is 83.7 cm³/mol. The van der Waals surface area contributed by atoms with Crippen LogP contribution in [-0.2, 0) is 17.6 Å². The Morgan fingerprint density at radius 2 is 2.41 bits per heavy atom. The maximum Gasteiger partial charge on any atom is 0.409 e. The molecule has 6 heteroatoms. The van der Waals surface area contributed by atoms with Gasteiger partial charge in [-0.25, -0.2) is 4.79 Å². The Bertz CT molecular complexity index is 516. The van der Waals surface area contributed by atoms with E-state index >= 15 is 0 Å². The molecule has 122 valence electrons. The first kappa shape index (κ1) is 15.3. The molecule has 0 saturated carbocycles. The fourth-order valence-electron chi connectivity index (χ4n) is 3.85. The van der Waals surface area contributed by atoms with Gasteiger partial charge in [-0.2, -0.15) is 5.10 Å². The fourth-order valence-corrected chi connectivity index (χ4v) is 3.85. The van der Waals surface area contributed by atoms with E-state index in [2.05, 4.69) is 22.0 Å². The summed E-state index contributed by atoms with van der Waals surface area (Å²) in [6, 6.07) is 0.588. The highest BCUT2D eigenvalue weighted by Gasteiger charge is 2.31. The van der Waals surface area contributed by atoms with Crippen LogP contribution in [0, 0.1) is 5.92 Å². The van der Waals surface area contributed by atoms with Gasteiger partial charge in [-0.05, 0) is 37.3 Å². The molecular formula is C16H26N4O2. The summed E-state index contributed by atoms with van der Waals surface area (Å²) < 4.78 is 4.82. The van der Waals surface area contributed by atoms with Crippen molar-refractivity contribution in [2.45, 2.75) is 38.6 Å². The first-order valence-corrected chi connectivity index (χ1v) is 8.29. The SMILES string of the molecule is CCN(CC1CCN(C(=O)OC)C1)C1CCc2cn[nH]c2C1. The molecule has 1 aliphatic carbocycles. The van der Waals surface area contributed by atoms with Gasteiger partial charge in [0.05, 0.1) is 13.3 Å². The molecule has 2 unspecified atom stereocenters. The number of nitrogens with zero attached hydrogens (tertiary/aromatic N) is 3. The van der Waals surface area contributed by atoms with E-state index in [4.69, 9.17) is 4.74 Å². The molecule has 1 amide bonds. The lowest BCUT2D eigenvalue weighted by molar-refractivity contribution is 0.127. The third-order valence-electron chi connectivity index (χ3n) is 5.13. The van der Waals surface area contributed by atoms with E-state index in [1.54, 1.807) is 0 Å². The topological polar surface area (TPSA) is 61.5 Å². The number of methoxy groups -OCH3 is 1. The lowest BCUT2D eigenvalue weighted by Crippen LogP contribution is -2.42. The highest BCUT2D eigenvalue weighted by atomic mass is 16.5. The molecular weight excluding hydrogens is 280 g/mol. The first-order valence-electron chi connectivity index (χ1n) is 8.29. The number of hydrogen-bond acceptors (Lipinski definition) is 4. The Labute approximate surface area is 131 Å². The lowest BCUT2D eigenvalue weighted by atomic mass is 9.92. The van der Waals surface area contributed by atoms with Gasteiger partial charge >= 0.3 is 6.09 Å². The van der Waals surface area contributed by atoms with Crippen molar-refractivity contribution in [3.05, 3.63) is 17.5 Å². The van der Waals surface area contributed by atoms with E-state index < -0.39 is 0 Å². The number of ether oxygens (including phenoxy) is 1. The normalized spacial score (nSPS) is 24.6. The zero-order valence-electron chi connectivity index (χ0n) is 13.5. The summed E-state index contributed by atoms with van der Waals surface area (Å²) in [5.41, 5.74) is 2.68. The molecule has 0 spiro atoms. The Hall–Kier alpha value is -1.56. The Kier molecular flexibility index (Phi) is 4.66. The van der Waals surface area contributed by atoms with Crippen LogP contribution in [-0.4, -0.2) is 65.4 Å². The number of aromatic nitrogens is 2. The van der Waals surface area contributed by atoms with Crippen LogP contribution in [0.15, 0.2) is 6.20 Å². The van der Waals surface area contributed by atoms with E-state index in [-0.39, 0.29) is 6.09 Å². The zero-order chi connectivity index (χ0) is 15.5. The molecule has 0 radical (unpaired) electrons. The Morgan fingerprint density at radius 1 is 1.55 bits per heavy atom. The zero-order valence-corrected chi connectivity index (χ0v) is 13.5. The van der Waals surface area contributed by atoms with Gasteiger partial charge in [0, 0.05) is 37.8 Å². The van der Waals surface area contributed by atoms with Crippen LogP contribution in [0.1, 0.15) is 31.0 Å². The maximum atomic E-state index is 11.6. The summed E-state index contributed by atoms with van der Waals surface area (Å²) in [4.78, 5) is 16.0. The van der Waals surface area contributed by atoms with Gasteiger partial charge in [0.25, 0.3) is 0 Å². The minimum Gasteiger partial charge on any atom is -0.453 e. The van der Waals surface area contributed by atoms with Crippen molar-refractivity contribution in [1.29, 1.82) is 0 Å². The highest BCUT2D eigenvalue weighted by molar-refractivity contribution is 5.67. The van der Waals surface area contributed by atoms with E-state index in [0.717, 1.165) is 45.4 Å². The molecule has 6 nitrogen and oxygen atoms in total. The van der Waals surface area contributed by atoms with Crippen molar-refractivity contribution < 1.29 is 9.53 Å². The average Bonchev–Trinajstić information content (AvgIpc) is 3.20. The second-order valence-corrected chi connectivity index (χ2v) is 6.43. The van der Waals surface area contributed by atoms with E-state index in [1.165, 1.54) is 24.8 Å². The number of hydrogen-bond donors (Lipinski definition) is 1. The highest BCUT2D eigenvalue weighted by Crippen LogP contribution is 2.25. The van der Waals surface area contributed by atoms with Gasteiger partial charge in [0.1, 0.15) is 0 Å². The monoisotopic (exact) mass is 306 g/mol. The van der Waals surface area contributed by atoms with Crippen LogP contribution in [0.3, 0.4) is 0 Å². The van der Waals surface area contributed by atoms with Gasteiger partial charge in [-0.3, -0.25) is 10.00 Å². The van der Waals surface area contributed by atoms with Crippen molar-refractivity contribution in [3.63, 3.8) is 0 Å². The number of likely N-dealkylation sites (N-methyl/N-ethyl adjacent to an activating group) is 1. The molecule has 22 heavy (non-hydrogen) atoms. The smallest absolute Gasteiger partial charge is 0.409 e. The number of aryl methyl sites for hydroxylation is 1. The van der Waals surface area contributed by atoms with Crippen LogP contribution >= 0.6 is 0 Å². The third kappa shape index (κ3) is 3.11. The predicted octanol–water partition coefficient (Wildman–Crippen LogP) is 1.68. The number of nitrogens with one attached hydrogen (secondary N) is 1. The second-order valence-electron chi connectivity index (χ2n) is 6.43. The van der Waals surface area contributed by atoms with Gasteiger partial charge in [0.2, 0.25) is 0 Å². The molecule has 1 aromatic heterocycles. The standard InChI is InChI=1S/C16H26N4O2/c1-3-19(10-12-6-7-20(11-12)16(21)22-2)14-5-4-13-9-17-18-15(13)8-14/h9,12,14H,3-8,10-11H2,1-2H3,(H,17,18). The molecule has 2 heterocycles. The van der Waals surface area contributed by atoms with E-state index in [9.17, 15) is 4.79 Å². The lowest BCUT2D eigenvalue weighted by Gasteiger charge is -2.34. The summed E-state index contributed by atoms with van der Waals surface area (Å²) in [5.74, 6) is 0.558. The van der Waals surface area contributed by atoms with E-state index in [1.807, 2.05) is 11.1 Å². The van der Waals surface area contributed by atoms with Crippen molar-refractivity contribution >= 4 is 6.09 Å². The number of carbonyl (C=O) groups is 1. The number of H-pyrrole nitrogens is 1. The number of rotatable bonds is 4. The van der Waals surface area contributed by atoms with Crippen molar-refractivity contribution in [2.75, 3.05) is 33.3 Å². The molecule has 2 atom stereocenters. The molecule has 1 aromatic rings. The summed E-state index contributed by atoms with van der Waals surface area (Å²) in [6.07, 6.45) is 6.24. The number of aromatic amines is 1. The van der Waals surface area contributed by atoms with Gasteiger partial charge < -0.3 is 9.64 Å². The van der Waals surface area contributed by atoms with Gasteiger partial charge in [-0.15, -0.1) is 0 Å². The molecule has 2 aliphatic rings. The quantitative estimate of drug-likeness (QED) is 0.919. The Balaban J connectivity index is 1.56. The molecule has 1 aliphatic heterocycles. The third-order valence-corrected chi connectivity index (χ3v) is 5.13. The molecule has 0 aromatic carbocycles. The summed E-state index contributed by atoms with van der Waals surface area (Å²) >= 11 is 0. The molecule has 1 fully saturated rings. The van der Waals surface area contributed by atoms with E-state index in [0.29, 0.717) is 12.0 Å². The Morgan fingerprint density at radius 3 is 3.18 bits per heavy atom. The summed E-state index contributed by atoms with van der Waals surface area (Å²) in [7, 11) is 1.46. The average molecular weight is 306 g/mol. The second kappa shape index (κ2) is 6.69. The van der Waals surface area contributed by atoms with Crippen LogP contribution in [0.5, 0.6) is 0 Å². The fraction of sp³-hybridized carbons (Fsp3) is 0.750. The van der Waals surface area contributed by atoms with Crippen LogP contribution in [0.4, 0.5) is 4.79 Å². The molecule has 1 saturated heterocycles. The summed E-state index contributed by atoms with van der Waals surface area (Å²) in [6.45, 7) is 6.01. The first-order chi connectivity index (χ1) is 10.7. The van der Waals surface area contributed by atoms with Crippen LogP contribution < -0.4 is 0 Å². The largest absolute Gasteiger partial charge is 0.453 e. The summed E-state index contributed by atoms with van der Waals surface area (Å²) in [5, 5.41) is 7.31. The van der Waals surface area contributed by atoms with Gasteiger partial charge in [0.15, 0.2) is 0 Å². The van der Waals surface area contributed by atoms with Crippen LogP contribution in [0.2, 0.25) is 0 Å². The van der Waals surface area contributed by atoms with Crippen molar-refractivity contribution in [2.24, 2.45) is 5.92 Å². The number of fused-ring (bicyclic) bond motifs is 1. The maximum absolute atomic E-state index is 11.6. The van der Waals surface area contributed by atoms with Crippen molar-refractivity contribution in [3.8, 4) is 0 Å².